The highest BCUT2D eigenvalue weighted by atomic mass is 32.2. The number of hydrogen-bond donors (Lipinski definition) is 2. The maximum atomic E-state index is 12.2. The molecule has 0 saturated heterocycles. The molecule has 0 spiro atoms. The Balaban J connectivity index is 1.61. The number of carbonyl (C=O) groups excluding carboxylic acids is 2. The lowest BCUT2D eigenvalue weighted by molar-refractivity contribution is -0.114. The van der Waals surface area contributed by atoms with Gasteiger partial charge in [-0.1, -0.05) is 11.8 Å². The third-order valence-corrected chi connectivity index (χ3v) is 4.91. The zero-order valence-electron chi connectivity index (χ0n) is 16.5. The van der Waals surface area contributed by atoms with Gasteiger partial charge in [0.25, 0.3) is 0 Å². The Kier molecular flexibility index (Phi) is 6.17. The molecule has 2 N–H and O–H groups in total. The summed E-state index contributed by atoms with van der Waals surface area (Å²) < 4.78 is 8.70. The maximum Gasteiger partial charge on any atom is 0.243 e. The summed E-state index contributed by atoms with van der Waals surface area (Å²) in [7, 11) is 5.17. The van der Waals surface area contributed by atoms with Gasteiger partial charge in [0.2, 0.25) is 17.7 Å². The number of nitrogens with zero attached hydrogens (tertiary/aromatic N) is 5. The molecule has 2 aromatic heterocycles. The summed E-state index contributed by atoms with van der Waals surface area (Å²) in [5.74, 6) is 0.909. The number of thioether (sulfide) groups is 1. The van der Waals surface area contributed by atoms with Crippen LogP contribution in [0.4, 0.5) is 11.4 Å². The molecule has 0 radical (unpaired) electrons. The van der Waals surface area contributed by atoms with Gasteiger partial charge < -0.3 is 19.9 Å². The van der Waals surface area contributed by atoms with Gasteiger partial charge in [0, 0.05) is 38.6 Å². The van der Waals surface area contributed by atoms with Crippen LogP contribution in [0.1, 0.15) is 6.92 Å². The number of amides is 2. The standard InChI is InChI=1S/C18H21N7O3S/c1-11(26)19-12-5-7-13(8-6-12)20-15(27)10-29-18-22-21-16(25(18)3)14-9-24(2)23-17(14)28-4/h5-9H,10H2,1-4H3,(H,19,26)(H,20,27). The lowest BCUT2D eigenvalue weighted by Gasteiger charge is -2.07. The summed E-state index contributed by atoms with van der Waals surface area (Å²) in [5.41, 5.74) is 2.03. The Morgan fingerprint density at radius 1 is 1.10 bits per heavy atom. The van der Waals surface area contributed by atoms with Crippen molar-refractivity contribution in [2.45, 2.75) is 12.1 Å². The molecule has 11 heteroatoms. The summed E-state index contributed by atoms with van der Waals surface area (Å²) in [4.78, 5) is 23.3. The van der Waals surface area contributed by atoms with Gasteiger partial charge in [0.05, 0.1) is 12.9 Å². The minimum Gasteiger partial charge on any atom is -0.479 e. The first-order valence-electron chi connectivity index (χ1n) is 8.65. The van der Waals surface area contributed by atoms with Crippen LogP contribution in [0.15, 0.2) is 35.6 Å². The Hall–Kier alpha value is -3.34. The van der Waals surface area contributed by atoms with Crippen LogP contribution in [0.5, 0.6) is 5.88 Å². The second-order valence-corrected chi connectivity index (χ2v) is 7.13. The van der Waals surface area contributed by atoms with Crippen LogP contribution in [0.25, 0.3) is 11.4 Å². The molecule has 0 aliphatic carbocycles. The molecule has 0 bridgehead atoms. The fourth-order valence-electron chi connectivity index (χ4n) is 2.61. The molecule has 152 valence electrons. The van der Waals surface area contributed by atoms with E-state index in [1.165, 1.54) is 18.7 Å². The van der Waals surface area contributed by atoms with Crippen molar-refractivity contribution < 1.29 is 14.3 Å². The number of benzene rings is 1. The van der Waals surface area contributed by atoms with Gasteiger partial charge in [-0.05, 0) is 24.3 Å². The molecule has 3 aromatic rings. The largest absolute Gasteiger partial charge is 0.479 e. The fourth-order valence-corrected chi connectivity index (χ4v) is 3.33. The van der Waals surface area contributed by atoms with Crippen LogP contribution in [-0.4, -0.2) is 49.2 Å². The summed E-state index contributed by atoms with van der Waals surface area (Å²) in [5, 5.41) is 18.7. The van der Waals surface area contributed by atoms with Gasteiger partial charge in [-0.3, -0.25) is 14.3 Å². The van der Waals surface area contributed by atoms with Crippen molar-refractivity contribution in [3.05, 3.63) is 30.5 Å². The zero-order valence-corrected chi connectivity index (χ0v) is 17.3. The van der Waals surface area contributed by atoms with Crippen LogP contribution in [0, 0.1) is 0 Å². The van der Waals surface area contributed by atoms with Crippen molar-refractivity contribution in [1.82, 2.24) is 24.5 Å². The predicted octanol–water partition coefficient (Wildman–Crippen LogP) is 1.91. The molecule has 3 rings (SSSR count). The van der Waals surface area contributed by atoms with Crippen LogP contribution >= 0.6 is 11.8 Å². The molecule has 2 amide bonds. The van der Waals surface area contributed by atoms with E-state index in [-0.39, 0.29) is 17.6 Å². The van der Waals surface area contributed by atoms with Crippen molar-refractivity contribution >= 4 is 35.0 Å². The third-order valence-electron chi connectivity index (χ3n) is 3.89. The lowest BCUT2D eigenvalue weighted by Crippen LogP contribution is -2.14. The zero-order chi connectivity index (χ0) is 21.0. The van der Waals surface area contributed by atoms with Gasteiger partial charge in [-0.15, -0.1) is 15.3 Å². The molecule has 0 fully saturated rings. The summed E-state index contributed by atoms with van der Waals surface area (Å²) in [6.45, 7) is 1.44. The Labute approximate surface area is 171 Å². The van der Waals surface area contributed by atoms with Gasteiger partial charge >= 0.3 is 0 Å². The first-order valence-corrected chi connectivity index (χ1v) is 9.63. The van der Waals surface area contributed by atoms with E-state index < -0.39 is 0 Å². The van der Waals surface area contributed by atoms with E-state index in [9.17, 15) is 9.59 Å². The van der Waals surface area contributed by atoms with Gasteiger partial charge in [0.1, 0.15) is 5.56 Å². The Morgan fingerprint density at radius 2 is 1.76 bits per heavy atom. The monoisotopic (exact) mass is 415 g/mol. The molecule has 10 nitrogen and oxygen atoms in total. The molecular weight excluding hydrogens is 394 g/mol. The lowest BCUT2D eigenvalue weighted by atomic mass is 10.3. The first kappa shape index (κ1) is 20.4. The maximum absolute atomic E-state index is 12.2. The highest BCUT2D eigenvalue weighted by Crippen LogP contribution is 2.29. The van der Waals surface area contributed by atoms with Crippen LogP contribution in [0.3, 0.4) is 0 Å². The van der Waals surface area contributed by atoms with E-state index >= 15 is 0 Å². The molecule has 0 atom stereocenters. The van der Waals surface area contributed by atoms with Gasteiger partial charge in [-0.25, -0.2) is 0 Å². The molecule has 0 aliphatic rings. The SMILES string of the molecule is COc1nn(C)cc1-c1nnc(SCC(=O)Nc2ccc(NC(C)=O)cc2)n1C. The highest BCUT2D eigenvalue weighted by Gasteiger charge is 2.18. The summed E-state index contributed by atoms with van der Waals surface area (Å²) >= 11 is 1.27. The van der Waals surface area contributed by atoms with Crippen molar-refractivity contribution in [2.24, 2.45) is 14.1 Å². The molecule has 0 unspecified atom stereocenters. The van der Waals surface area contributed by atoms with Crippen molar-refractivity contribution in [3.63, 3.8) is 0 Å². The van der Waals surface area contributed by atoms with Gasteiger partial charge in [-0.2, -0.15) is 0 Å². The predicted molar refractivity (Wildman–Crippen MR) is 110 cm³/mol. The van der Waals surface area contributed by atoms with Crippen LogP contribution < -0.4 is 15.4 Å². The van der Waals surface area contributed by atoms with Crippen LogP contribution in [-0.2, 0) is 23.7 Å². The number of nitrogens with one attached hydrogen (secondary N) is 2. The van der Waals surface area contributed by atoms with Crippen molar-refractivity contribution in [3.8, 4) is 17.3 Å². The fraction of sp³-hybridized carbons (Fsp3) is 0.278. The third kappa shape index (κ3) is 4.93. The Bertz CT molecular complexity index is 1030. The minimum atomic E-state index is -0.175. The first-order chi connectivity index (χ1) is 13.9. The molecule has 1 aromatic carbocycles. The van der Waals surface area contributed by atoms with E-state index in [1.54, 1.807) is 53.9 Å². The molecule has 0 saturated carbocycles. The average molecular weight is 415 g/mol. The second-order valence-electron chi connectivity index (χ2n) is 6.19. The normalized spacial score (nSPS) is 10.6. The number of carbonyl (C=O) groups is 2. The summed E-state index contributed by atoms with van der Waals surface area (Å²) in [6.07, 6.45) is 1.80. The van der Waals surface area contributed by atoms with Gasteiger partial charge in [0.15, 0.2) is 11.0 Å². The number of aryl methyl sites for hydroxylation is 1. The average Bonchev–Trinajstić information content (AvgIpc) is 3.23. The van der Waals surface area contributed by atoms with E-state index in [1.807, 2.05) is 7.05 Å². The topological polar surface area (TPSA) is 116 Å². The number of ether oxygens (including phenoxy) is 1. The molecular formula is C18H21N7O3S. The number of methoxy groups -OCH3 is 1. The smallest absolute Gasteiger partial charge is 0.243 e. The molecule has 2 heterocycles. The van der Waals surface area contributed by atoms with Crippen LogP contribution in [0.2, 0.25) is 0 Å². The van der Waals surface area contributed by atoms with Crippen molar-refractivity contribution in [1.29, 1.82) is 0 Å². The number of anilines is 2. The number of hydrogen-bond acceptors (Lipinski definition) is 7. The minimum absolute atomic E-state index is 0.148. The molecule has 29 heavy (non-hydrogen) atoms. The Morgan fingerprint density at radius 3 is 2.38 bits per heavy atom. The van der Waals surface area contributed by atoms with E-state index in [2.05, 4.69) is 25.9 Å². The quantitative estimate of drug-likeness (QED) is 0.566. The van der Waals surface area contributed by atoms with Crippen molar-refractivity contribution in [2.75, 3.05) is 23.5 Å². The second kappa shape index (κ2) is 8.78. The van der Waals surface area contributed by atoms with E-state index in [0.29, 0.717) is 28.2 Å². The number of rotatable bonds is 7. The number of aromatic nitrogens is 5. The summed E-state index contributed by atoms with van der Waals surface area (Å²) in [6, 6.07) is 6.90. The highest BCUT2D eigenvalue weighted by molar-refractivity contribution is 7.99. The van der Waals surface area contributed by atoms with E-state index in [0.717, 1.165) is 5.56 Å². The molecule has 0 aliphatic heterocycles. The van der Waals surface area contributed by atoms with E-state index in [4.69, 9.17) is 4.74 Å².